The summed E-state index contributed by atoms with van der Waals surface area (Å²) in [5.74, 6) is 2.97. The number of rotatable bonds is 6. The van der Waals surface area contributed by atoms with Gasteiger partial charge in [-0.05, 0) is 12.1 Å². The van der Waals surface area contributed by atoms with E-state index in [2.05, 4.69) is 11.8 Å². The van der Waals surface area contributed by atoms with Crippen molar-refractivity contribution in [2.24, 2.45) is 0 Å². The summed E-state index contributed by atoms with van der Waals surface area (Å²) in [6.45, 7) is -0.762. The fraction of sp³-hybridized carbons (Fsp3) is 0.111. The maximum absolute atomic E-state index is 11.9. The minimum Gasteiger partial charge on any atom is -0.449 e. The van der Waals surface area contributed by atoms with E-state index in [4.69, 9.17) is 9.47 Å². The van der Waals surface area contributed by atoms with Gasteiger partial charge in [-0.3, -0.25) is 20.2 Å². The first-order valence-corrected chi connectivity index (χ1v) is 7.68. The summed E-state index contributed by atoms with van der Waals surface area (Å²) >= 11 is 0. The lowest BCUT2D eigenvalue weighted by Gasteiger charge is -2.02. The molecule has 0 atom stereocenters. The molecule has 2 rings (SSSR count). The van der Waals surface area contributed by atoms with E-state index < -0.39 is 21.8 Å². The third-order valence-electron chi connectivity index (χ3n) is 3.32. The van der Waals surface area contributed by atoms with Gasteiger partial charge in [0.05, 0.1) is 9.85 Å². The Hall–Kier alpha value is -4.26. The van der Waals surface area contributed by atoms with Crippen LogP contribution < -0.4 is 0 Å². The fourth-order valence-corrected chi connectivity index (χ4v) is 2.07. The van der Waals surface area contributed by atoms with Gasteiger partial charge in [-0.25, -0.2) is 9.59 Å². The van der Waals surface area contributed by atoms with Gasteiger partial charge >= 0.3 is 11.9 Å². The smallest absolute Gasteiger partial charge is 0.346 e. The molecule has 0 spiro atoms. The Kier molecular flexibility index (Phi) is 6.76. The van der Waals surface area contributed by atoms with Crippen LogP contribution in [0, 0.1) is 32.1 Å². The molecule has 0 fully saturated rings. The van der Waals surface area contributed by atoms with E-state index in [0.29, 0.717) is 0 Å². The summed E-state index contributed by atoms with van der Waals surface area (Å²) in [6.07, 6.45) is 0. The SMILES string of the molecule is O=C(OCC#CCOC(=O)c1ccccc1[N+](=O)[O-])c1ccccc1[N+](=O)[O-]. The average Bonchev–Trinajstić information content (AvgIpc) is 2.70. The van der Waals surface area contributed by atoms with Gasteiger partial charge in [-0.15, -0.1) is 0 Å². The molecule has 0 saturated heterocycles. The molecule has 10 heteroatoms. The quantitative estimate of drug-likeness (QED) is 0.320. The van der Waals surface area contributed by atoms with Crippen molar-refractivity contribution in [1.82, 2.24) is 0 Å². The van der Waals surface area contributed by atoms with Gasteiger partial charge in [0.2, 0.25) is 0 Å². The van der Waals surface area contributed by atoms with E-state index in [0.717, 1.165) is 0 Å². The fourth-order valence-electron chi connectivity index (χ4n) is 2.07. The number of nitrogens with zero attached hydrogens (tertiary/aromatic N) is 2. The maximum atomic E-state index is 11.9. The Labute approximate surface area is 158 Å². The third kappa shape index (κ3) is 5.12. The number of hydrogen-bond acceptors (Lipinski definition) is 8. The van der Waals surface area contributed by atoms with Crippen LogP contribution in [0.15, 0.2) is 48.5 Å². The number of carbonyl (C=O) groups is 2. The normalized spacial score (nSPS) is 9.57. The molecule has 0 aliphatic rings. The molecule has 2 aromatic rings. The molecule has 142 valence electrons. The van der Waals surface area contributed by atoms with Crippen LogP contribution >= 0.6 is 0 Å². The lowest BCUT2D eigenvalue weighted by molar-refractivity contribution is -0.385. The van der Waals surface area contributed by atoms with Gasteiger partial charge in [0.1, 0.15) is 11.1 Å². The predicted octanol–water partition coefficient (Wildman–Crippen LogP) is 2.52. The molecule has 0 unspecified atom stereocenters. The van der Waals surface area contributed by atoms with E-state index in [1.54, 1.807) is 0 Å². The highest BCUT2D eigenvalue weighted by atomic mass is 16.6. The Balaban J connectivity index is 1.87. The Morgan fingerprint density at radius 1 is 0.750 bits per heavy atom. The number of para-hydroxylation sites is 2. The van der Waals surface area contributed by atoms with Crippen molar-refractivity contribution in [3.8, 4) is 11.8 Å². The van der Waals surface area contributed by atoms with Crippen molar-refractivity contribution in [2.75, 3.05) is 13.2 Å². The van der Waals surface area contributed by atoms with Crippen LogP contribution in [0.4, 0.5) is 11.4 Å². The van der Waals surface area contributed by atoms with Crippen molar-refractivity contribution in [3.05, 3.63) is 79.9 Å². The second-order valence-corrected chi connectivity index (χ2v) is 5.05. The number of nitro benzene ring substituents is 2. The molecule has 0 aromatic heterocycles. The molecule has 0 saturated carbocycles. The second-order valence-electron chi connectivity index (χ2n) is 5.05. The summed E-state index contributed by atoms with van der Waals surface area (Å²) in [4.78, 5) is 44.0. The molecule has 0 amide bonds. The van der Waals surface area contributed by atoms with Gasteiger partial charge in [0.25, 0.3) is 11.4 Å². The molecule has 10 nitrogen and oxygen atoms in total. The molecule has 0 aliphatic heterocycles. The first kappa shape index (κ1) is 20.1. The topological polar surface area (TPSA) is 139 Å². The predicted molar refractivity (Wildman–Crippen MR) is 94.5 cm³/mol. The van der Waals surface area contributed by atoms with Gasteiger partial charge < -0.3 is 9.47 Å². The largest absolute Gasteiger partial charge is 0.449 e. The summed E-state index contributed by atoms with van der Waals surface area (Å²) in [7, 11) is 0. The van der Waals surface area contributed by atoms with Crippen LogP contribution in [0.5, 0.6) is 0 Å². The van der Waals surface area contributed by atoms with Gasteiger partial charge in [0, 0.05) is 12.1 Å². The first-order chi connectivity index (χ1) is 13.4. The second kappa shape index (κ2) is 9.44. The highest BCUT2D eigenvalue weighted by molar-refractivity contribution is 5.94. The number of nitro groups is 2. The van der Waals surface area contributed by atoms with Gasteiger partial charge in [-0.2, -0.15) is 0 Å². The van der Waals surface area contributed by atoms with Crippen LogP contribution in [-0.4, -0.2) is 35.0 Å². The molecule has 2 aromatic carbocycles. The summed E-state index contributed by atoms with van der Waals surface area (Å²) in [5, 5.41) is 21.7. The number of benzene rings is 2. The number of carbonyl (C=O) groups excluding carboxylic acids is 2. The van der Waals surface area contributed by atoms with Gasteiger partial charge in [0.15, 0.2) is 13.2 Å². The third-order valence-corrected chi connectivity index (χ3v) is 3.32. The molecule has 0 radical (unpaired) electrons. The zero-order valence-electron chi connectivity index (χ0n) is 14.2. The highest BCUT2D eigenvalue weighted by Gasteiger charge is 2.21. The van der Waals surface area contributed by atoms with Crippen molar-refractivity contribution in [2.45, 2.75) is 0 Å². The van der Waals surface area contributed by atoms with E-state index in [1.165, 1.54) is 48.5 Å². The Morgan fingerprint density at radius 2 is 1.11 bits per heavy atom. The number of ether oxygens (including phenoxy) is 2. The zero-order valence-corrected chi connectivity index (χ0v) is 14.2. The summed E-state index contributed by atoms with van der Waals surface area (Å²) in [6, 6.07) is 10.6. The lowest BCUT2D eigenvalue weighted by Crippen LogP contribution is -2.09. The van der Waals surface area contributed by atoms with Crippen molar-refractivity contribution >= 4 is 23.3 Å². The summed E-state index contributed by atoms with van der Waals surface area (Å²) < 4.78 is 9.63. The van der Waals surface area contributed by atoms with Crippen LogP contribution in [0.1, 0.15) is 20.7 Å². The van der Waals surface area contributed by atoms with E-state index in [1.807, 2.05) is 0 Å². The van der Waals surface area contributed by atoms with Gasteiger partial charge in [-0.1, -0.05) is 36.1 Å². The standard InChI is InChI=1S/C18H12N2O8/c21-17(13-7-1-3-9-15(13)19(23)24)27-11-5-6-12-28-18(22)14-8-2-4-10-16(14)20(25)26/h1-4,7-10H,11-12H2. The maximum Gasteiger partial charge on any atom is 0.346 e. The van der Waals surface area contributed by atoms with Crippen LogP contribution in [-0.2, 0) is 9.47 Å². The summed E-state index contributed by atoms with van der Waals surface area (Å²) in [5.41, 5.74) is -1.20. The minimum atomic E-state index is -0.918. The van der Waals surface area contributed by atoms with Crippen LogP contribution in [0.3, 0.4) is 0 Å². The molecule has 0 heterocycles. The average molecular weight is 384 g/mol. The highest BCUT2D eigenvalue weighted by Crippen LogP contribution is 2.19. The monoisotopic (exact) mass is 384 g/mol. The molecule has 28 heavy (non-hydrogen) atoms. The van der Waals surface area contributed by atoms with Crippen molar-refractivity contribution < 1.29 is 28.9 Å². The van der Waals surface area contributed by atoms with Crippen molar-refractivity contribution in [3.63, 3.8) is 0 Å². The minimum absolute atomic E-state index is 0.211. The number of esters is 2. The first-order valence-electron chi connectivity index (χ1n) is 7.68. The molecule has 0 N–H and O–H groups in total. The zero-order chi connectivity index (χ0) is 20.5. The molecule has 0 aliphatic carbocycles. The van der Waals surface area contributed by atoms with E-state index in [-0.39, 0.29) is 35.7 Å². The van der Waals surface area contributed by atoms with E-state index in [9.17, 15) is 29.8 Å². The van der Waals surface area contributed by atoms with E-state index >= 15 is 0 Å². The Morgan fingerprint density at radius 3 is 1.46 bits per heavy atom. The molecule has 0 bridgehead atoms. The number of hydrogen-bond donors (Lipinski definition) is 0. The van der Waals surface area contributed by atoms with Crippen molar-refractivity contribution in [1.29, 1.82) is 0 Å². The van der Waals surface area contributed by atoms with Crippen LogP contribution in [0.2, 0.25) is 0 Å². The van der Waals surface area contributed by atoms with Crippen LogP contribution in [0.25, 0.3) is 0 Å². The Bertz CT molecular complexity index is 913. The lowest BCUT2D eigenvalue weighted by atomic mass is 10.2. The molecular weight excluding hydrogens is 372 g/mol. The molecular formula is C18H12N2O8.